The van der Waals surface area contributed by atoms with Crippen LogP contribution in [0.15, 0.2) is 29.1 Å². The Kier molecular flexibility index (Phi) is 4.38. The largest absolute Gasteiger partial charge is 0.471 e. The van der Waals surface area contributed by atoms with Gasteiger partial charge in [0, 0.05) is 13.1 Å². The van der Waals surface area contributed by atoms with E-state index in [1.165, 1.54) is 12.6 Å². The third kappa shape index (κ3) is 2.99. The number of nitriles is 1. The molecule has 0 bridgehead atoms. The topological polar surface area (TPSA) is 96.7 Å². The maximum atomic E-state index is 12.4. The fraction of sp³-hybridized carbons (Fsp3) is 0.250. The van der Waals surface area contributed by atoms with E-state index < -0.39 is 12.1 Å². The first-order valence-electron chi connectivity index (χ1n) is 7.47. The number of fused-ring (bicyclic) bond motifs is 1. The van der Waals surface area contributed by atoms with Gasteiger partial charge in [-0.25, -0.2) is 9.97 Å². The van der Waals surface area contributed by atoms with Gasteiger partial charge in [0.1, 0.15) is 29.2 Å². The van der Waals surface area contributed by atoms with Crippen LogP contribution >= 0.6 is 0 Å². The van der Waals surface area contributed by atoms with Gasteiger partial charge in [0.05, 0.1) is 17.5 Å². The summed E-state index contributed by atoms with van der Waals surface area (Å²) in [6, 6.07) is 5.31. The molecule has 7 nitrogen and oxygen atoms in total. The quantitative estimate of drug-likeness (QED) is 0.768. The van der Waals surface area contributed by atoms with Gasteiger partial charge in [0.25, 0.3) is 0 Å². The molecule has 1 amide bonds. The highest BCUT2D eigenvalue weighted by Crippen LogP contribution is 2.33. The number of aromatic nitrogens is 3. The Hall–Kier alpha value is -3.35. The van der Waals surface area contributed by atoms with Crippen LogP contribution in [0.5, 0.6) is 0 Å². The molecule has 0 atom stereocenters. The van der Waals surface area contributed by atoms with Crippen molar-refractivity contribution in [3.8, 4) is 17.5 Å². The fourth-order valence-corrected chi connectivity index (χ4v) is 2.71. The second kappa shape index (κ2) is 6.51. The molecule has 3 aromatic heterocycles. The Morgan fingerprint density at radius 2 is 2.19 bits per heavy atom. The Labute approximate surface area is 145 Å². The second-order valence-corrected chi connectivity index (χ2v) is 5.37. The van der Waals surface area contributed by atoms with Crippen molar-refractivity contribution in [1.82, 2.24) is 19.9 Å². The van der Waals surface area contributed by atoms with Crippen molar-refractivity contribution >= 4 is 16.9 Å². The minimum absolute atomic E-state index is 0.0236. The Balaban J connectivity index is 2.07. The van der Waals surface area contributed by atoms with Crippen LogP contribution in [-0.4, -0.2) is 33.2 Å². The molecule has 3 aromatic rings. The SMILES string of the molecule is Cc1ncnc2c(C#N)c(-c3ccco3)n(CCNC(=O)C(F)(F)F)c12. The monoisotopic (exact) mass is 363 g/mol. The summed E-state index contributed by atoms with van der Waals surface area (Å²) in [4.78, 5) is 19.2. The zero-order valence-electron chi connectivity index (χ0n) is 13.5. The summed E-state index contributed by atoms with van der Waals surface area (Å²) in [5.41, 5.74) is 2.01. The van der Waals surface area contributed by atoms with Crippen LogP contribution < -0.4 is 5.32 Å². The predicted octanol–water partition coefficient (Wildman–Crippen LogP) is 2.55. The molecule has 0 saturated carbocycles. The smallest absolute Gasteiger partial charge is 0.463 e. The maximum absolute atomic E-state index is 12.4. The first-order chi connectivity index (χ1) is 12.3. The van der Waals surface area contributed by atoms with E-state index in [-0.39, 0.29) is 18.7 Å². The number of carbonyl (C=O) groups is 1. The van der Waals surface area contributed by atoms with Crippen LogP contribution in [0.25, 0.3) is 22.5 Å². The summed E-state index contributed by atoms with van der Waals surface area (Å²) in [6.07, 6.45) is -2.23. The minimum Gasteiger partial charge on any atom is -0.463 e. The number of amides is 1. The lowest BCUT2D eigenvalue weighted by Gasteiger charge is -2.12. The number of carbonyl (C=O) groups excluding carboxylic acids is 1. The summed E-state index contributed by atoms with van der Waals surface area (Å²) in [5, 5.41) is 11.4. The molecule has 0 spiro atoms. The number of hydrogen-bond donors (Lipinski definition) is 1. The third-order valence-electron chi connectivity index (χ3n) is 3.76. The zero-order valence-corrected chi connectivity index (χ0v) is 13.5. The van der Waals surface area contributed by atoms with E-state index in [0.29, 0.717) is 28.2 Å². The number of nitrogens with one attached hydrogen (secondary N) is 1. The van der Waals surface area contributed by atoms with Crippen molar-refractivity contribution in [3.05, 3.63) is 36.0 Å². The van der Waals surface area contributed by atoms with Crippen molar-refractivity contribution in [2.24, 2.45) is 0 Å². The van der Waals surface area contributed by atoms with Crippen molar-refractivity contribution in [2.75, 3.05) is 6.54 Å². The molecule has 0 saturated heterocycles. The average molecular weight is 363 g/mol. The van der Waals surface area contributed by atoms with Crippen LogP contribution in [0.1, 0.15) is 11.3 Å². The Bertz CT molecular complexity index is 1000. The van der Waals surface area contributed by atoms with Gasteiger partial charge < -0.3 is 14.3 Å². The minimum atomic E-state index is -4.96. The molecule has 0 aliphatic carbocycles. The van der Waals surface area contributed by atoms with Crippen molar-refractivity contribution in [3.63, 3.8) is 0 Å². The van der Waals surface area contributed by atoms with Gasteiger partial charge in [-0.15, -0.1) is 0 Å². The summed E-state index contributed by atoms with van der Waals surface area (Å²) in [5.74, 6) is -1.66. The lowest BCUT2D eigenvalue weighted by Crippen LogP contribution is -2.38. The highest BCUT2D eigenvalue weighted by atomic mass is 19.4. The van der Waals surface area contributed by atoms with Crippen molar-refractivity contribution in [2.45, 2.75) is 19.6 Å². The van der Waals surface area contributed by atoms with Crippen LogP contribution in [0, 0.1) is 18.3 Å². The highest BCUT2D eigenvalue weighted by molar-refractivity contribution is 5.91. The number of rotatable bonds is 4. The van der Waals surface area contributed by atoms with Gasteiger partial charge in [0.2, 0.25) is 0 Å². The molecule has 0 aromatic carbocycles. The van der Waals surface area contributed by atoms with Gasteiger partial charge in [-0.1, -0.05) is 0 Å². The van der Waals surface area contributed by atoms with E-state index in [4.69, 9.17) is 4.42 Å². The van der Waals surface area contributed by atoms with Crippen molar-refractivity contribution < 1.29 is 22.4 Å². The van der Waals surface area contributed by atoms with E-state index >= 15 is 0 Å². The van der Waals surface area contributed by atoms with E-state index in [9.17, 15) is 23.2 Å². The summed E-state index contributed by atoms with van der Waals surface area (Å²) in [6.45, 7) is 1.38. The summed E-state index contributed by atoms with van der Waals surface area (Å²) < 4.78 is 44.0. The van der Waals surface area contributed by atoms with Gasteiger partial charge in [-0.3, -0.25) is 4.79 Å². The molecule has 1 N–H and O–H groups in total. The standard InChI is InChI=1S/C16H12F3N5O2/c1-9-13-12(23-8-22-9)10(7-20)14(11-3-2-6-26-11)24(13)5-4-21-15(25)16(17,18)19/h2-3,6,8H,4-5H2,1H3,(H,21,25). The van der Waals surface area contributed by atoms with E-state index in [2.05, 4.69) is 16.0 Å². The molecule has 0 fully saturated rings. The highest BCUT2D eigenvalue weighted by Gasteiger charge is 2.38. The fourth-order valence-electron chi connectivity index (χ4n) is 2.71. The average Bonchev–Trinajstić information content (AvgIpc) is 3.20. The Morgan fingerprint density at radius 3 is 2.81 bits per heavy atom. The Morgan fingerprint density at radius 1 is 1.42 bits per heavy atom. The lowest BCUT2D eigenvalue weighted by atomic mass is 10.2. The van der Waals surface area contributed by atoms with Gasteiger partial charge >= 0.3 is 12.1 Å². The number of furan rings is 1. The molecule has 0 aliphatic heterocycles. The summed E-state index contributed by atoms with van der Waals surface area (Å²) >= 11 is 0. The van der Waals surface area contributed by atoms with Crippen LogP contribution in [-0.2, 0) is 11.3 Å². The van der Waals surface area contributed by atoms with Crippen LogP contribution in [0.2, 0.25) is 0 Å². The number of hydrogen-bond acceptors (Lipinski definition) is 5. The second-order valence-electron chi connectivity index (χ2n) is 5.37. The molecule has 0 unspecified atom stereocenters. The molecule has 10 heteroatoms. The lowest BCUT2D eigenvalue weighted by molar-refractivity contribution is -0.173. The zero-order chi connectivity index (χ0) is 18.9. The molecule has 0 aliphatic rings. The van der Waals surface area contributed by atoms with Crippen LogP contribution in [0.3, 0.4) is 0 Å². The number of nitrogens with zero attached hydrogens (tertiary/aromatic N) is 4. The normalized spacial score (nSPS) is 11.5. The third-order valence-corrected chi connectivity index (χ3v) is 3.76. The molecule has 0 radical (unpaired) electrons. The first kappa shape index (κ1) is 17.5. The number of aryl methyl sites for hydroxylation is 1. The van der Waals surface area contributed by atoms with E-state index in [1.54, 1.807) is 23.6 Å². The predicted molar refractivity (Wildman–Crippen MR) is 83.7 cm³/mol. The first-order valence-corrected chi connectivity index (χ1v) is 7.47. The molecular formula is C16H12F3N5O2. The van der Waals surface area contributed by atoms with Crippen LogP contribution in [0.4, 0.5) is 13.2 Å². The summed E-state index contributed by atoms with van der Waals surface area (Å²) in [7, 11) is 0. The number of alkyl halides is 3. The maximum Gasteiger partial charge on any atom is 0.471 e. The van der Waals surface area contributed by atoms with Crippen molar-refractivity contribution in [1.29, 1.82) is 5.26 Å². The number of halogens is 3. The molecule has 134 valence electrons. The molecule has 3 rings (SSSR count). The molecular weight excluding hydrogens is 351 g/mol. The van der Waals surface area contributed by atoms with Gasteiger partial charge in [0.15, 0.2) is 5.76 Å². The van der Waals surface area contributed by atoms with E-state index in [1.807, 2.05) is 5.32 Å². The molecule has 26 heavy (non-hydrogen) atoms. The van der Waals surface area contributed by atoms with E-state index in [0.717, 1.165) is 0 Å². The van der Waals surface area contributed by atoms with Gasteiger partial charge in [-0.2, -0.15) is 18.4 Å². The van der Waals surface area contributed by atoms with Gasteiger partial charge in [-0.05, 0) is 19.1 Å². The molecule has 3 heterocycles.